The van der Waals surface area contributed by atoms with E-state index in [0.29, 0.717) is 0 Å². The number of amides is 6. The van der Waals surface area contributed by atoms with Crippen LogP contribution in [0.4, 0.5) is 0 Å². The van der Waals surface area contributed by atoms with Crippen molar-refractivity contribution >= 4 is 35.4 Å². The molecule has 2 N–H and O–H groups in total. The molecule has 2 unspecified atom stereocenters. The van der Waals surface area contributed by atoms with Gasteiger partial charge < -0.3 is 9.80 Å². The zero-order chi connectivity index (χ0) is 20.7. The lowest BCUT2D eigenvalue weighted by atomic mass is 10.1. The predicted octanol–water partition coefficient (Wildman–Crippen LogP) is -1.03. The van der Waals surface area contributed by atoms with Crippen molar-refractivity contribution in [2.45, 2.75) is 82.0 Å². The smallest absolute Gasteiger partial charge is 0.249 e. The maximum absolute atomic E-state index is 12.7. The minimum atomic E-state index is -0.755. The number of hydrogen-bond acceptors (Lipinski definition) is 6. The summed E-state index contributed by atoms with van der Waals surface area (Å²) < 4.78 is 0. The maximum atomic E-state index is 12.7. The van der Waals surface area contributed by atoms with E-state index in [1.165, 1.54) is 9.80 Å². The van der Waals surface area contributed by atoms with Gasteiger partial charge in [0.2, 0.25) is 35.4 Å². The zero-order valence-electron chi connectivity index (χ0n) is 16.0. The molecule has 4 fully saturated rings. The van der Waals surface area contributed by atoms with Crippen molar-refractivity contribution in [3.63, 3.8) is 0 Å². The highest BCUT2D eigenvalue weighted by Gasteiger charge is 2.46. The van der Waals surface area contributed by atoms with Crippen molar-refractivity contribution in [2.75, 3.05) is 0 Å². The van der Waals surface area contributed by atoms with Gasteiger partial charge >= 0.3 is 0 Å². The van der Waals surface area contributed by atoms with Crippen LogP contribution in [0, 0.1) is 0 Å². The molecule has 4 aliphatic rings. The largest absolute Gasteiger partial charge is 0.327 e. The molecule has 0 spiro atoms. The minimum absolute atomic E-state index is 0.0136. The van der Waals surface area contributed by atoms with Crippen LogP contribution in [0.25, 0.3) is 0 Å². The van der Waals surface area contributed by atoms with E-state index in [0.717, 1.165) is 25.7 Å². The molecule has 0 aromatic carbocycles. The second kappa shape index (κ2) is 7.57. The first-order chi connectivity index (χ1) is 13.8. The maximum Gasteiger partial charge on any atom is 0.249 e. The van der Waals surface area contributed by atoms with E-state index in [2.05, 4.69) is 10.6 Å². The van der Waals surface area contributed by atoms with Gasteiger partial charge in [0.05, 0.1) is 12.8 Å². The third-order valence-electron chi connectivity index (χ3n) is 5.80. The molecular formula is C19H24N4O6. The monoisotopic (exact) mass is 404 g/mol. The third kappa shape index (κ3) is 4.15. The van der Waals surface area contributed by atoms with Crippen molar-refractivity contribution < 1.29 is 28.8 Å². The number of nitrogens with one attached hydrogen (secondary N) is 2. The van der Waals surface area contributed by atoms with Gasteiger partial charge in [0.25, 0.3) is 0 Å². The van der Waals surface area contributed by atoms with Gasteiger partial charge in [-0.2, -0.15) is 0 Å². The fourth-order valence-electron chi connectivity index (χ4n) is 4.15. The van der Waals surface area contributed by atoms with Gasteiger partial charge in [-0.3, -0.25) is 39.4 Å². The Balaban J connectivity index is 1.32. The van der Waals surface area contributed by atoms with Gasteiger partial charge in [0.15, 0.2) is 0 Å². The first-order valence-corrected chi connectivity index (χ1v) is 10.1. The van der Waals surface area contributed by atoms with Gasteiger partial charge in [0, 0.05) is 24.9 Å². The summed E-state index contributed by atoms with van der Waals surface area (Å²) in [6, 6.07) is -1.55. The number of carbonyl (C=O) groups is 6. The van der Waals surface area contributed by atoms with Crippen LogP contribution in [0.5, 0.6) is 0 Å². The van der Waals surface area contributed by atoms with Gasteiger partial charge in [-0.05, 0) is 32.1 Å². The molecule has 2 saturated carbocycles. The summed E-state index contributed by atoms with van der Waals surface area (Å²) in [6.07, 6.45) is 3.68. The summed E-state index contributed by atoms with van der Waals surface area (Å²) >= 11 is 0. The summed E-state index contributed by atoms with van der Waals surface area (Å²) in [4.78, 5) is 75.3. The van der Waals surface area contributed by atoms with E-state index in [-0.39, 0.29) is 67.8 Å². The highest BCUT2D eigenvalue weighted by atomic mass is 16.2. The number of carbonyl (C=O) groups excluding carboxylic acids is 6. The van der Waals surface area contributed by atoms with Crippen molar-refractivity contribution in [1.82, 2.24) is 20.4 Å². The average Bonchev–Trinajstić information content (AvgIpc) is 3.55. The van der Waals surface area contributed by atoms with Gasteiger partial charge in [-0.1, -0.05) is 0 Å². The van der Waals surface area contributed by atoms with E-state index < -0.39 is 23.9 Å². The van der Waals surface area contributed by atoms with Crippen LogP contribution in [-0.4, -0.2) is 69.4 Å². The van der Waals surface area contributed by atoms with Crippen LogP contribution in [0.15, 0.2) is 0 Å². The molecule has 2 saturated heterocycles. The van der Waals surface area contributed by atoms with E-state index >= 15 is 0 Å². The lowest BCUT2D eigenvalue weighted by Gasteiger charge is -2.28. The Morgan fingerprint density at radius 2 is 1.10 bits per heavy atom. The van der Waals surface area contributed by atoms with Gasteiger partial charge in [0.1, 0.15) is 12.1 Å². The average molecular weight is 404 g/mol. The van der Waals surface area contributed by atoms with Crippen LogP contribution < -0.4 is 10.6 Å². The van der Waals surface area contributed by atoms with E-state index in [1.807, 2.05) is 0 Å². The van der Waals surface area contributed by atoms with Crippen LogP contribution in [0.1, 0.15) is 57.8 Å². The molecule has 2 atom stereocenters. The molecule has 156 valence electrons. The summed E-state index contributed by atoms with van der Waals surface area (Å²) in [7, 11) is 0. The highest BCUT2D eigenvalue weighted by Crippen LogP contribution is 2.33. The van der Waals surface area contributed by atoms with Crippen LogP contribution in [0.2, 0.25) is 0 Å². The summed E-state index contributed by atoms with van der Waals surface area (Å²) in [6.45, 7) is 0. The van der Waals surface area contributed by atoms with Crippen molar-refractivity contribution in [2.24, 2.45) is 0 Å². The molecule has 29 heavy (non-hydrogen) atoms. The number of nitrogens with zero attached hydrogens (tertiary/aromatic N) is 2. The van der Waals surface area contributed by atoms with Crippen molar-refractivity contribution in [1.29, 1.82) is 0 Å². The molecule has 0 aromatic rings. The zero-order valence-corrected chi connectivity index (χ0v) is 16.0. The second-order valence-electron chi connectivity index (χ2n) is 8.18. The van der Waals surface area contributed by atoms with E-state index in [9.17, 15) is 28.8 Å². The Morgan fingerprint density at radius 1 is 0.724 bits per heavy atom. The Kier molecular flexibility index (Phi) is 5.10. The van der Waals surface area contributed by atoms with Gasteiger partial charge in [-0.25, -0.2) is 0 Å². The molecule has 4 rings (SSSR count). The Bertz CT molecular complexity index is 724. The number of imide groups is 2. The molecule has 6 amide bonds. The van der Waals surface area contributed by atoms with Gasteiger partial charge in [-0.15, -0.1) is 0 Å². The molecule has 2 heterocycles. The lowest BCUT2D eigenvalue weighted by molar-refractivity contribution is -0.141. The van der Waals surface area contributed by atoms with Crippen LogP contribution in [-0.2, 0) is 28.8 Å². The minimum Gasteiger partial charge on any atom is -0.327 e. The fourth-order valence-corrected chi connectivity index (χ4v) is 4.15. The van der Waals surface area contributed by atoms with E-state index in [1.54, 1.807) is 0 Å². The van der Waals surface area contributed by atoms with Crippen molar-refractivity contribution in [3.05, 3.63) is 0 Å². The molecule has 10 nitrogen and oxygen atoms in total. The molecule has 2 aliphatic carbocycles. The fraction of sp³-hybridized carbons (Fsp3) is 0.684. The summed E-state index contributed by atoms with van der Waals surface area (Å²) in [5.41, 5.74) is 0. The summed E-state index contributed by atoms with van der Waals surface area (Å²) in [5.74, 6) is -2.11. The quantitative estimate of drug-likeness (QED) is 0.497. The molecular weight excluding hydrogens is 380 g/mol. The lowest BCUT2D eigenvalue weighted by Crippen LogP contribution is -2.46. The molecule has 0 aromatic heterocycles. The van der Waals surface area contributed by atoms with Crippen LogP contribution >= 0.6 is 0 Å². The Hall–Kier alpha value is -2.78. The van der Waals surface area contributed by atoms with Crippen molar-refractivity contribution in [3.8, 4) is 0 Å². The van der Waals surface area contributed by atoms with E-state index in [4.69, 9.17) is 0 Å². The third-order valence-corrected chi connectivity index (χ3v) is 5.80. The number of rotatable bonds is 8. The molecule has 10 heteroatoms. The first-order valence-electron chi connectivity index (χ1n) is 10.1. The Morgan fingerprint density at radius 3 is 1.38 bits per heavy atom. The molecule has 2 aliphatic heterocycles. The normalized spacial score (nSPS) is 26.3. The number of hydrogen-bond donors (Lipinski definition) is 2. The molecule has 0 bridgehead atoms. The second-order valence-corrected chi connectivity index (χ2v) is 8.18. The summed E-state index contributed by atoms with van der Waals surface area (Å²) in [5, 5.41) is 4.47. The predicted molar refractivity (Wildman–Crippen MR) is 96.7 cm³/mol. The SMILES string of the molecule is O=C1CC(N(C(=O)CCCC(=O)N(C2CC2)C2CC(=O)NC2=O)C2CC2)C(=O)N1. The first kappa shape index (κ1) is 19.5. The topological polar surface area (TPSA) is 133 Å². The van der Waals surface area contributed by atoms with Crippen LogP contribution in [0.3, 0.4) is 0 Å². The standard InChI is InChI=1S/C19H24N4O6/c24-14-8-12(18(28)20-14)22(10-4-5-10)16(26)2-1-3-17(27)23(11-6-7-11)13-9-15(25)21-19(13)29/h10-13H,1-9H2,(H,20,24,28)(H,21,25,29). The molecule has 0 radical (unpaired) electrons. The highest BCUT2D eigenvalue weighted by molar-refractivity contribution is 6.07. The Labute approximate surface area is 167 Å².